The van der Waals surface area contributed by atoms with Crippen molar-refractivity contribution in [1.82, 2.24) is 15.2 Å². The number of thiocarbonyl (C=S) groups is 1. The molecule has 3 N–H and O–H groups in total. The summed E-state index contributed by atoms with van der Waals surface area (Å²) in [5.74, 6) is -0.967. The molecule has 1 amide bonds. The maximum absolute atomic E-state index is 12.4. The fraction of sp³-hybridized carbons (Fsp3) is 0.214. The summed E-state index contributed by atoms with van der Waals surface area (Å²) in [5, 5.41) is 10.4. The first-order valence-electron chi connectivity index (χ1n) is 6.32. The highest BCUT2D eigenvalue weighted by Gasteiger charge is 2.24. The van der Waals surface area contributed by atoms with E-state index in [0.717, 1.165) is 5.56 Å². The van der Waals surface area contributed by atoms with Gasteiger partial charge in [0.25, 0.3) is 0 Å². The van der Waals surface area contributed by atoms with Crippen LogP contribution >= 0.6 is 12.2 Å². The Bertz CT molecular complexity index is 674. The van der Waals surface area contributed by atoms with E-state index in [-0.39, 0.29) is 16.8 Å². The molecule has 0 saturated carbocycles. The first kappa shape index (κ1) is 15.0. The molecule has 1 unspecified atom stereocenters. The topological polar surface area (TPSA) is 93.8 Å². The number of nitrogens with one attached hydrogen (secondary N) is 1. The first-order chi connectivity index (χ1) is 9.99. The molecule has 108 valence electrons. The largest absolute Gasteiger partial charge is 0.392 e. The third-order valence-electron chi connectivity index (χ3n) is 3.01. The van der Waals surface area contributed by atoms with Gasteiger partial charge in [-0.15, -0.1) is 5.10 Å². The number of aryl methyl sites for hydroxylation is 2. The van der Waals surface area contributed by atoms with E-state index >= 15 is 0 Å². The van der Waals surface area contributed by atoms with Crippen molar-refractivity contribution in [3.8, 4) is 0 Å². The predicted octanol–water partition coefficient (Wildman–Crippen LogP) is 1.50. The summed E-state index contributed by atoms with van der Waals surface area (Å²) in [4.78, 5) is 16.6. The van der Waals surface area contributed by atoms with Crippen molar-refractivity contribution >= 4 is 29.1 Å². The second kappa shape index (κ2) is 6.36. The molecule has 1 aromatic heterocycles. The van der Waals surface area contributed by atoms with E-state index in [9.17, 15) is 4.79 Å². The van der Waals surface area contributed by atoms with Gasteiger partial charge in [0.1, 0.15) is 5.92 Å². The monoisotopic (exact) mass is 301 g/mol. The van der Waals surface area contributed by atoms with Crippen molar-refractivity contribution in [2.75, 3.05) is 5.32 Å². The molecule has 0 radical (unpaired) electrons. The van der Waals surface area contributed by atoms with Gasteiger partial charge in [-0.1, -0.05) is 42.5 Å². The molecule has 21 heavy (non-hydrogen) atoms. The first-order valence-corrected chi connectivity index (χ1v) is 6.73. The number of nitrogens with two attached hydrogens (primary N) is 1. The molecule has 1 atom stereocenters. The number of hydrogen-bond acceptors (Lipinski definition) is 5. The summed E-state index contributed by atoms with van der Waals surface area (Å²) in [7, 11) is 0. The average molecular weight is 301 g/mol. The van der Waals surface area contributed by atoms with E-state index < -0.39 is 5.92 Å². The highest BCUT2D eigenvalue weighted by Crippen LogP contribution is 2.17. The summed E-state index contributed by atoms with van der Waals surface area (Å²) < 4.78 is 0. The molecule has 6 nitrogen and oxygen atoms in total. The van der Waals surface area contributed by atoms with Crippen molar-refractivity contribution in [3.05, 3.63) is 47.3 Å². The van der Waals surface area contributed by atoms with Gasteiger partial charge in [-0.05, 0) is 19.4 Å². The molecule has 7 heteroatoms. The SMILES string of the molecule is Cc1nnc(NC(=O)C(C(N)=S)c2ccccc2)nc1C. The van der Waals surface area contributed by atoms with Gasteiger partial charge in [0.15, 0.2) is 0 Å². The number of amides is 1. The number of aromatic nitrogens is 3. The van der Waals surface area contributed by atoms with Gasteiger partial charge >= 0.3 is 0 Å². The summed E-state index contributed by atoms with van der Waals surface area (Å²) in [5.41, 5.74) is 7.82. The number of nitrogens with zero attached hydrogens (tertiary/aromatic N) is 3. The van der Waals surface area contributed by atoms with Crippen LogP contribution in [-0.2, 0) is 4.79 Å². The Morgan fingerprint density at radius 3 is 2.43 bits per heavy atom. The third kappa shape index (κ3) is 3.57. The van der Waals surface area contributed by atoms with Crippen molar-refractivity contribution in [2.24, 2.45) is 5.73 Å². The molecule has 0 saturated heterocycles. The number of carbonyl (C=O) groups is 1. The molecule has 2 rings (SSSR count). The summed E-state index contributed by atoms with van der Waals surface area (Å²) >= 11 is 5.00. The quantitative estimate of drug-likeness (QED) is 0.831. The van der Waals surface area contributed by atoms with Gasteiger partial charge in [-0.25, -0.2) is 4.98 Å². The highest BCUT2D eigenvalue weighted by molar-refractivity contribution is 7.80. The fourth-order valence-electron chi connectivity index (χ4n) is 1.78. The zero-order valence-corrected chi connectivity index (χ0v) is 12.5. The Labute approximate surface area is 127 Å². The minimum Gasteiger partial charge on any atom is -0.392 e. The lowest BCUT2D eigenvalue weighted by molar-refractivity contribution is -0.116. The molecular weight excluding hydrogens is 286 g/mol. The zero-order valence-electron chi connectivity index (χ0n) is 11.7. The van der Waals surface area contributed by atoms with Crippen LogP contribution in [0.3, 0.4) is 0 Å². The van der Waals surface area contributed by atoms with E-state index in [0.29, 0.717) is 11.4 Å². The van der Waals surface area contributed by atoms with Crippen LogP contribution in [0.5, 0.6) is 0 Å². The number of anilines is 1. The van der Waals surface area contributed by atoms with Crippen LogP contribution in [0.1, 0.15) is 22.9 Å². The van der Waals surface area contributed by atoms with Crippen LogP contribution in [0.25, 0.3) is 0 Å². The Balaban J connectivity index is 2.24. The lowest BCUT2D eigenvalue weighted by atomic mass is 9.98. The predicted molar refractivity (Wildman–Crippen MR) is 83.9 cm³/mol. The zero-order chi connectivity index (χ0) is 15.4. The van der Waals surface area contributed by atoms with Gasteiger partial charge in [0, 0.05) is 0 Å². The van der Waals surface area contributed by atoms with Crippen LogP contribution in [0.4, 0.5) is 5.95 Å². The van der Waals surface area contributed by atoms with Gasteiger partial charge in [-0.3, -0.25) is 10.1 Å². The highest BCUT2D eigenvalue weighted by atomic mass is 32.1. The molecule has 0 spiro atoms. The standard InChI is InChI=1S/C14H15N5OS/c1-8-9(2)18-19-14(16-8)17-13(20)11(12(15)21)10-6-4-3-5-7-10/h3-7,11H,1-2H3,(H2,15,21)(H,16,17,19,20). The minimum absolute atomic E-state index is 0.0930. The number of hydrogen-bond donors (Lipinski definition) is 2. The molecule has 0 aliphatic heterocycles. The summed E-state index contributed by atoms with van der Waals surface area (Å²) in [6.07, 6.45) is 0. The second-order valence-corrected chi connectivity index (χ2v) is 5.01. The average Bonchev–Trinajstić information content (AvgIpc) is 2.44. The lowest BCUT2D eigenvalue weighted by Crippen LogP contribution is -2.32. The maximum Gasteiger partial charge on any atom is 0.249 e. The van der Waals surface area contributed by atoms with Crippen molar-refractivity contribution < 1.29 is 4.79 Å². The van der Waals surface area contributed by atoms with Crippen LogP contribution in [0.2, 0.25) is 0 Å². The number of carbonyl (C=O) groups excluding carboxylic acids is 1. The summed E-state index contributed by atoms with van der Waals surface area (Å²) in [6, 6.07) is 9.09. The van der Waals surface area contributed by atoms with Crippen LogP contribution in [0, 0.1) is 13.8 Å². The normalized spacial score (nSPS) is 11.7. The van der Waals surface area contributed by atoms with Crippen LogP contribution in [-0.4, -0.2) is 26.1 Å². The molecule has 2 aromatic rings. The molecule has 0 aliphatic rings. The second-order valence-electron chi connectivity index (χ2n) is 4.54. The Morgan fingerprint density at radius 1 is 1.19 bits per heavy atom. The molecule has 0 bridgehead atoms. The smallest absolute Gasteiger partial charge is 0.249 e. The maximum atomic E-state index is 12.4. The van der Waals surface area contributed by atoms with Crippen molar-refractivity contribution in [1.29, 1.82) is 0 Å². The number of benzene rings is 1. The number of rotatable bonds is 4. The molecule has 0 aliphatic carbocycles. The van der Waals surface area contributed by atoms with Crippen LogP contribution < -0.4 is 11.1 Å². The molecule has 1 heterocycles. The molecule has 0 fully saturated rings. The third-order valence-corrected chi connectivity index (χ3v) is 3.24. The van der Waals surface area contributed by atoms with Crippen LogP contribution in [0.15, 0.2) is 30.3 Å². The molecular formula is C14H15N5OS. The van der Waals surface area contributed by atoms with E-state index in [1.807, 2.05) is 18.2 Å². The Kier molecular flexibility index (Phi) is 4.54. The van der Waals surface area contributed by atoms with E-state index in [1.54, 1.807) is 26.0 Å². The molecule has 1 aromatic carbocycles. The van der Waals surface area contributed by atoms with E-state index in [2.05, 4.69) is 20.5 Å². The van der Waals surface area contributed by atoms with Gasteiger partial charge < -0.3 is 5.73 Å². The van der Waals surface area contributed by atoms with Crippen molar-refractivity contribution in [2.45, 2.75) is 19.8 Å². The lowest BCUT2D eigenvalue weighted by Gasteiger charge is -2.15. The Hall–Kier alpha value is -2.41. The summed E-state index contributed by atoms with van der Waals surface area (Å²) in [6.45, 7) is 3.59. The fourth-order valence-corrected chi connectivity index (χ4v) is 2.03. The van der Waals surface area contributed by atoms with E-state index in [4.69, 9.17) is 18.0 Å². The Morgan fingerprint density at radius 2 is 1.86 bits per heavy atom. The van der Waals surface area contributed by atoms with Gasteiger partial charge in [0.2, 0.25) is 11.9 Å². The minimum atomic E-state index is -0.730. The van der Waals surface area contributed by atoms with Gasteiger partial charge in [-0.2, -0.15) is 5.10 Å². The van der Waals surface area contributed by atoms with E-state index in [1.165, 1.54) is 0 Å². The van der Waals surface area contributed by atoms with Gasteiger partial charge in [0.05, 0.1) is 16.4 Å². The van der Waals surface area contributed by atoms with Crippen molar-refractivity contribution in [3.63, 3.8) is 0 Å².